The zero-order valence-corrected chi connectivity index (χ0v) is 7.84. The maximum atomic E-state index is 10.7. The molecule has 0 fully saturated rings. The number of nitro groups is 1. The highest BCUT2D eigenvalue weighted by Crippen LogP contribution is 2.21. The molecular formula is C7H10N4O3. The van der Waals surface area contributed by atoms with Crippen LogP contribution in [-0.2, 0) is 13.5 Å². The van der Waals surface area contributed by atoms with Crippen LogP contribution >= 0.6 is 0 Å². The van der Waals surface area contributed by atoms with Gasteiger partial charge in [0.2, 0.25) is 0 Å². The zero-order chi connectivity index (χ0) is 10.7. The summed E-state index contributed by atoms with van der Waals surface area (Å²) < 4.78 is 1.43. The van der Waals surface area contributed by atoms with Gasteiger partial charge in [0, 0.05) is 19.7 Å². The van der Waals surface area contributed by atoms with Crippen molar-refractivity contribution in [2.45, 2.75) is 13.3 Å². The Morgan fingerprint density at radius 2 is 2.43 bits per heavy atom. The molecule has 0 saturated heterocycles. The van der Waals surface area contributed by atoms with E-state index < -0.39 is 4.92 Å². The molecule has 14 heavy (non-hydrogen) atoms. The van der Waals surface area contributed by atoms with Gasteiger partial charge in [-0.25, -0.2) is 0 Å². The van der Waals surface area contributed by atoms with Crippen LogP contribution in [0.5, 0.6) is 0 Å². The topological polar surface area (TPSA) is 93.6 Å². The summed E-state index contributed by atoms with van der Waals surface area (Å²) in [6, 6.07) is 0. The summed E-state index contributed by atoms with van der Waals surface area (Å²) in [5.41, 5.74) is 0.761. The molecule has 1 heterocycles. The molecule has 1 N–H and O–H groups in total. The van der Waals surface area contributed by atoms with Gasteiger partial charge in [-0.05, 0) is 6.92 Å². The zero-order valence-electron chi connectivity index (χ0n) is 7.84. The van der Waals surface area contributed by atoms with E-state index in [1.807, 2.05) is 0 Å². The van der Waals surface area contributed by atoms with Gasteiger partial charge in [-0.1, -0.05) is 0 Å². The molecule has 0 aliphatic carbocycles. The van der Waals surface area contributed by atoms with Crippen LogP contribution in [0, 0.1) is 17.0 Å². The second kappa shape index (κ2) is 3.86. The molecule has 0 aromatic carbocycles. The molecule has 0 spiro atoms. The lowest BCUT2D eigenvalue weighted by Crippen LogP contribution is -1.95. The molecule has 0 aliphatic rings. The van der Waals surface area contributed by atoms with Crippen LogP contribution in [0.25, 0.3) is 0 Å². The van der Waals surface area contributed by atoms with Crippen molar-refractivity contribution in [1.29, 1.82) is 0 Å². The Balaban J connectivity index is 3.15. The number of oxime groups is 1. The maximum Gasteiger partial charge on any atom is 0.313 e. The predicted octanol–water partition coefficient (Wildman–Crippen LogP) is 0.639. The first-order valence-electron chi connectivity index (χ1n) is 3.90. The number of hydrogen-bond acceptors (Lipinski definition) is 5. The van der Waals surface area contributed by atoms with Crippen molar-refractivity contribution in [3.05, 3.63) is 21.5 Å². The molecular weight excluding hydrogens is 188 g/mol. The van der Waals surface area contributed by atoms with Crippen molar-refractivity contribution in [3.63, 3.8) is 0 Å². The second-order valence-electron chi connectivity index (χ2n) is 2.76. The van der Waals surface area contributed by atoms with Gasteiger partial charge in [-0.15, -0.1) is 5.16 Å². The van der Waals surface area contributed by atoms with E-state index in [0.717, 1.165) is 6.21 Å². The number of rotatable bonds is 3. The van der Waals surface area contributed by atoms with Gasteiger partial charge in [-0.3, -0.25) is 14.8 Å². The number of aromatic nitrogens is 2. The molecule has 1 aromatic rings. The van der Waals surface area contributed by atoms with E-state index in [1.165, 1.54) is 4.68 Å². The Kier molecular flexibility index (Phi) is 2.80. The Morgan fingerprint density at radius 1 is 1.79 bits per heavy atom. The van der Waals surface area contributed by atoms with E-state index in [0.29, 0.717) is 11.4 Å². The summed E-state index contributed by atoms with van der Waals surface area (Å²) in [6.07, 6.45) is 1.31. The Labute approximate surface area is 79.8 Å². The lowest BCUT2D eigenvalue weighted by molar-refractivity contribution is -0.386. The fourth-order valence-electron chi connectivity index (χ4n) is 1.17. The molecule has 7 nitrogen and oxygen atoms in total. The molecule has 0 bridgehead atoms. The van der Waals surface area contributed by atoms with Crippen LogP contribution in [0.4, 0.5) is 5.69 Å². The molecule has 1 aromatic heterocycles. The van der Waals surface area contributed by atoms with Crippen molar-refractivity contribution in [2.75, 3.05) is 0 Å². The third-order valence-electron chi connectivity index (χ3n) is 1.92. The van der Waals surface area contributed by atoms with E-state index >= 15 is 0 Å². The summed E-state index contributed by atoms with van der Waals surface area (Å²) in [5, 5.41) is 25.6. The van der Waals surface area contributed by atoms with E-state index in [9.17, 15) is 10.1 Å². The van der Waals surface area contributed by atoms with Gasteiger partial charge in [0.1, 0.15) is 11.4 Å². The summed E-state index contributed by atoms with van der Waals surface area (Å²) in [6.45, 7) is 1.62. The lowest BCUT2D eigenvalue weighted by Gasteiger charge is -1.90. The van der Waals surface area contributed by atoms with Crippen molar-refractivity contribution < 1.29 is 10.1 Å². The normalized spacial score (nSPS) is 11.0. The molecule has 0 radical (unpaired) electrons. The predicted molar refractivity (Wildman–Crippen MR) is 48.6 cm³/mol. The molecule has 0 atom stereocenters. The van der Waals surface area contributed by atoms with Crippen LogP contribution in [0.1, 0.15) is 11.4 Å². The van der Waals surface area contributed by atoms with Crippen molar-refractivity contribution in [3.8, 4) is 0 Å². The fourth-order valence-corrected chi connectivity index (χ4v) is 1.17. The minimum atomic E-state index is -0.483. The average molecular weight is 198 g/mol. The SMILES string of the molecule is Cc1c([N+](=O)[O-])c(C/C=N/O)nn1C. The summed E-state index contributed by atoms with van der Waals surface area (Å²) >= 11 is 0. The minimum Gasteiger partial charge on any atom is -0.411 e. The highest BCUT2D eigenvalue weighted by Gasteiger charge is 2.22. The van der Waals surface area contributed by atoms with Gasteiger partial charge in [-0.2, -0.15) is 5.10 Å². The van der Waals surface area contributed by atoms with Gasteiger partial charge >= 0.3 is 5.69 Å². The summed E-state index contributed by atoms with van der Waals surface area (Å²) in [5.74, 6) is 0. The van der Waals surface area contributed by atoms with E-state index in [4.69, 9.17) is 5.21 Å². The molecule has 0 aliphatic heterocycles. The van der Waals surface area contributed by atoms with Crippen molar-refractivity contribution in [1.82, 2.24) is 9.78 Å². The van der Waals surface area contributed by atoms with E-state index in [2.05, 4.69) is 10.3 Å². The molecule has 0 amide bonds. The Bertz CT molecular complexity index is 383. The van der Waals surface area contributed by atoms with Crippen molar-refractivity contribution >= 4 is 11.9 Å². The highest BCUT2D eigenvalue weighted by molar-refractivity contribution is 5.62. The van der Waals surface area contributed by atoms with Gasteiger partial charge in [0.15, 0.2) is 0 Å². The molecule has 76 valence electrons. The second-order valence-corrected chi connectivity index (χ2v) is 2.76. The first-order valence-corrected chi connectivity index (χ1v) is 3.90. The number of aryl methyl sites for hydroxylation is 1. The van der Waals surface area contributed by atoms with Crippen LogP contribution < -0.4 is 0 Å². The Hall–Kier alpha value is -1.92. The smallest absolute Gasteiger partial charge is 0.313 e. The first-order chi connectivity index (χ1) is 6.57. The van der Waals surface area contributed by atoms with Crippen LogP contribution in [0.2, 0.25) is 0 Å². The van der Waals surface area contributed by atoms with Gasteiger partial charge in [0.25, 0.3) is 0 Å². The van der Waals surface area contributed by atoms with Crippen LogP contribution in [0.15, 0.2) is 5.16 Å². The number of hydrogen-bond donors (Lipinski definition) is 1. The van der Waals surface area contributed by atoms with Gasteiger partial charge in [0.05, 0.1) is 4.92 Å². The largest absolute Gasteiger partial charge is 0.411 e. The monoisotopic (exact) mass is 198 g/mol. The summed E-state index contributed by atoms with van der Waals surface area (Å²) in [7, 11) is 1.63. The summed E-state index contributed by atoms with van der Waals surface area (Å²) in [4.78, 5) is 10.2. The lowest BCUT2D eigenvalue weighted by atomic mass is 10.2. The quantitative estimate of drug-likeness (QED) is 0.333. The fraction of sp³-hybridized carbons (Fsp3) is 0.429. The number of nitrogens with zero attached hydrogens (tertiary/aromatic N) is 4. The molecule has 1 rings (SSSR count). The van der Waals surface area contributed by atoms with E-state index in [-0.39, 0.29) is 12.1 Å². The third-order valence-corrected chi connectivity index (χ3v) is 1.92. The maximum absolute atomic E-state index is 10.7. The average Bonchev–Trinajstić information content (AvgIpc) is 2.39. The third kappa shape index (κ3) is 1.70. The minimum absolute atomic E-state index is 0.0209. The first kappa shape index (κ1) is 10.2. The molecule has 0 unspecified atom stereocenters. The van der Waals surface area contributed by atoms with Gasteiger partial charge < -0.3 is 5.21 Å². The molecule has 0 saturated carbocycles. The Morgan fingerprint density at radius 3 is 2.93 bits per heavy atom. The highest BCUT2D eigenvalue weighted by atomic mass is 16.6. The standard InChI is InChI=1S/C7H10N4O3/c1-5-7(11(13)14)6(3-4-8-12)9-10(5)2/h4,12H,3H2,1-2H3/b8-4+. The molecule has 7 heteroatoms. The van der Waals surface area contributed by atoms with Crippen LogP contribution in [-0.4, -0.2) is 26.1 Å². The van der Waals surface area contributed by atoms with Crippen LogP contribution in [0.3, 0.4) is 0 Å². The van der Waals surface area contributed by atoms with Crippen molar-refractivity contribution in [2.24, 2.45) is 12.2 Å². The van der Waals surface area contributed by atoms with E-state index in [1.54, 1.807) is 14.0 Å².